The molecule has 0 radical (unpaired) electrons. The molecule has 0 bridgehead atoms. The summed E-state index contributed by atoms with van der Waals surface area (Å²) in [6, 6.07) is 0.141. The van der Waals surface area contributed by atoms with Crippen molar-refractivity contribution in [1.82, 2.24) is 5.32 Å². The second-order valence-electron chi connectivity index (χ2n) is 4.66. The van der Waals surface area contributed by atoms with Crippen molar-refractivity contribution in [1.29, 1.82) is 0 Å². The van der Waals surface area contributed by atoms with E-state index in [1.54, 1.807) is 0 Å². The van der Waals surface area contributed by atoms with Crippen LogP contribution in [0.5, 0.6) is 0 Å². The molecule has 0 heterocycles. The zero-order valence-corrected chi connectivity index (χ0v) is 10.3. The zero-order chi connectivity index (χ0) is 11.9. The SMILES string of the molecule is C=CC[C@@H](CCC)NC(=O)OC(C)(C)C. The van der Waals surface area contributed by atoms with Crippen molar-refractivity contribution < 1.29 is 9.53 Å². The maximum atomic E-state index is 11.5. The van der Waals surface area contributed by atoms with Crippen molar-refractivity contribution in [3.05, 3.63) is 12.7 Å². The van der Waals surface area contributed by atoms with E-state index in [1.807, 2.05) is 26.8 Å². The van der Waals surface area contributed by atoms with Gasteiger partial charge in [-0.25, -0.2) is 4.79 Å². The highest BCUT2D eigenvalue weighted by Crippen LogP contribution is 2.08. The molecule has 0 rings (SSSR count). The van der Waals surface area contributed by atoms with Gasteiger partial charge in [0, 0.05) is 6.04 Å². The van der Waals surface area contributed by atoms with Gasteiger partial charge in [0.25, 0.3) is 0 Å². The van der Waals surface area contributed by atoms with Crippen LogP contribution in [0.3, 0.4) is 0 Å². The highest BCUT2D eigenvalue weighted by Gasteiger charge is 2.18. The maximum Gasteiger partial charge on any atom is 0.407 e. The second-order valence-corrected chi connectivity index (χ2v) is 4.66. The molecule has 0 aromatic heterocycles. The van der Waals surface area contributed by atoms with E-state index in [0.29, 0.717) is 0 Å². The van der Waals surface area contributed by atoms with Crippen molar-refractivity contribution >= 4 is 6.09 Å². The molecule has 0 fully saturated rings. The van der Waals surface area contributed by atoms with Gasteiger partial charge in [0.1, 0.15) is 5.60 Å². The molecule has 3 heteroatoms. The Morgan fingerprint density at radius 2 is 2.13 bits per heavy atom. The van der Waals surface area contributed by atoms with Crippen molar-refractivity contribution in [3.63, 3.8) is 0 Å². The molecule has 1 amide bonds. The molecule has 0 aliphatic carbocycles. The average Bonchev–Trinajstić information content (AvgIpc) is 2.00. The molecule has 0 saturated carbocycles. The standard InChI is InChI=1S/C12H23NO2/c1-6-8-10(9-7-2)13-11(14)15-12(3,4)5/h6,10H,1,7-9H2,2-5H3,(H,13,14)/t10-/m0/s1. The van der Waals surface area contributed by atoms with Gasteiger partial charge < -0.3 is 10.1 Å². The minimum absolute atomic E-state index is 0.141. The topological polar surface area (TPSA) is 38.3 Å². The van der Waals surface area contributed by atoms with Gasteiger partial charge >= 0.3 is 6.09 Å². The number of hydrogen-bond donors (Lipinski definition) is 1. The highest BCUT2D eigenvalue weighted by molar-refractivity contribution is 5.68. The fourth-order valence-electron chi connectivity index (χ4n) is 1.27. The number of ether oxygens (including phenoxy) is 1. The van der Waals surface area contributed by atoms with Crippen LogP contribution in [0.2, 0.25) is 0 Å². The highest BCUT2D eigenvalue weighted by atomic mass is 16.6. The van der Waals surface area contributed by atoms with Crippen LogP contribution < -0.4 is 5.32 Å². The van der Waals surface area contributed by atoms with Crippen molar-refractivity contribution in [2.24, 2.45) is 0 Å². The van der Waals surface area contributed by atoms with Crippen LogP contribution >= 0.6 is 0 Å². The van der Waals surface area contributed by atoms with Crippen LogP contribution in [0.25, 0.3) is 0 Å². The summed E-state index contributed by atoms with van der Waals surface area (Å²) in [6.07, 6.45) is 4.24. The summed E-state index contributed by atoms with van der Waals surface area (Å²) < 4.78 is 5.18. The molecule has 0 saturated heterocycles. The molecule has 3 nitrogen and oxygen atoms in total. The third-order valence-corrected chi connectivity index (χ3v) is 1.81. The first-order chi connectivity index (χ1) is 6.89. The lowest BCUT2D eigenvalue weighted by Crippen LogP contribution is -2.38. The Morgan fingerprint density at radius 3 is 2.53 bits per heavy atom. The molecule has 0 aromatic rings. The lowest BCUT2D eigenvalue weighted by atomic mass is 10.1. The molecule has 1 atom stereocenters. The minimum Gasteiger partial charge on any atom is -0.444 e. The summed E-state index contributed by atoms with van der Waals surface area (Å²) in [5.74, 6) is 0. The summed E-state index contributed by atoms with van der Waals surface area (Å²) in [5.41, 5.74) is -0.435. The molecular weight excluding hydrogens is 190 g/mol. The number of carbonyl (C=O) groups excluding carboxylic acids is 1. The molecule has 88 valence electrons. The summed E-state index contributed by atoms with van der Waals surface area (Å²) in [6.45, 7) is 11.3. The Labute approximate surface area is 92.9 Å². The van der Waals surface area contributed by atoms with E-state index in [9.17, 15) is 4.79 Å². The van der Waals surface area contributed by atoms with Gasteiger partial charge in [0.2, 0.25) is 0 Å². The van der Waals surface area contributed by atoms with Gasteiger partial charge in [-0.3, -0.25) is 0 Å². The minimum atomic E-state index is -0.435. The third kappa shape index (κ3) is 8.03. The molecule has 15 heavy (non-hydrogen) atoms. The lowest BCUT2D eigenvalue weighted by Gasteiger charge is -2.22. The molecular formula is C12H23NO2. The smallest absolute Gasteiger partial charge is 0.407 e. The van der Waals surface area contributed by atoms with E-state index >= 15 is 0 Å². The predicted octanol–water partition coefficient (Wildman–Crippen LogP) is 3.26. The Morgan fingerprint density at radius 1 is 1.53 bits per heavy atom. The summed E-state index contributed by atoms with van der Waals surface area (Å²) in [7, 11) is 0. The summed E-state index contributed by atoms with van der Waals surface area (Å²) in [4.78, 5) is 11.5. The van der Waals surface area contributed by atoms with E-state index in [-0.39, 0.29) is 12.1 Å². The Kier molecular flexibility index (Phi) is 6.06. The molecule has 0 unspecified atom stereocenters. The van der Waals surface area contributed by atoms with Crippen molar-refractivity contribution in [2.45, 2.75) is 58.6 Å². The van der Waals surface area contributed by atoms with Crippen LogP contribution in [-0.4, -0.2) is 17.7 Å². The van der Waals surface area contributed by atoms with E-state index in [4.69, 9.17) is 4.74 Å². The van der Waals surface area contributed by atoms with Gasteiger partial charge in [-0.1, -0.05) is 19.4 Å². The van der Waals surface area contributed by atoms with E-state index < -0.39 is 5.60 Å². The molecule has 0 aromatic carbocycles. The van der Waals surface area contributed by atoms with Gasteiger partial charge in [0.05, 0.1) is 0 Å². The van der Waals surface area contributed by atoms with E-state index in [0.717, 1.165) is 19.3 Å². The number of nitrogens with one attached hydrogen (secondary N) is 1. The predicted molar refractivity (Wildman–Crippen MR) is 62.9 cm³/mol. The van der Waals surface area contributed by atoms with Gasteiger partial charge in [-0.05, 0) is 33.6 Å². The van der Waals surface area contributed by atoms with Crippen LogP contribution in [-0.2, 0) is 4.74 Å². The van der Waals surface area contributed by atoms with Gasteiger partial charge in [-0.2, -0.15) is 0 Å². The first kappa shape index (κ1) is 14.0. The Hall–Kier alpha value is -0.990. The summed E-state index contributed by atoms with van der Waals surface area (Å²) in [5, 5.41) is 2.84. The largest absolute Gasteiger partial charge is 0.444 e. The maximum absolute atomic E-state index is 11.5. The molecule has 0 aliphatic heterocycles. The van der Waals surface area contributed by atoms with Gasteiger partial charge in [0.15, 0.2) is 0 Å². The molecule has 0 spiro atoms. The monoisotopic (exact) mass is 213 g/mol. The van der Waals surface area contributed by atoms with E-state index in [1.165, 1.54) is 0 Å². The number of amides is 1. The summed E-state index contributed by atoms with van der Waals surface area (Å²) >= 11 is 0. The van der Waals surface area contributed by atoms with Gasteiger partial charge in [-0.15, -0.1) is 6.58 Å². The van der Waals surface area contributed by atoms with Crippen molar-refractivity contribution in [2.75, 3.05) is 0 Å². The fraction of sp³-hybridized carbons (Fsp3) is 0.750. The molecule has 0 aliphatic rings. The van der Waals surface area contributed by atoms with E-state index in [2.05, 4.69) is 18.8 Å². The first-order valence-electron chi connectivity index (χ1n) is 5.49. The Balaban J connectivity index is 4.04. The normalized spacial score (nSPS) is 13.1. The first-order valence-corrected chi connectivity index (χ1v) is 5.49. The molecule has 1 N–H and O–H groups in total. The van der Waals surface area contributed by atoms with Crippen LogP contribution in [0.4, 0.5) is 4.79 Å². The zero-order valence-electron chi connectivity index (χ0n) is 10.3. The quantitative estimate of drug-likeness (QED) is 0.712. The third-order valence-electron chi connectivity index (χ3n) is 1.81. The second kappa shape index (κ2) is 6.49. The van der Waals surface area contributed by atoms with Crippen molar-refractivity contribution in [3.8, 4) is 0 Å². The number of carbonyl (C=O) groups is 1. The number of hydrogen-bond acceptors (Lipinski definition) is 2. The number of rotatable bonds is 5. The Bertz CT molecular complexity index is 206. The number of alkyl carbamates (subject to hydrolysis) is 1. The van der Waals surface area contributed by atoms with Crippen LogP contribution in [0.15, 0.2) is 12.7 Å². The average molecular weight is 213 g/mol. The fourth-order valence-corrected chi connectivity index (χ4v) is 1.27. The van der Waals surface area contributed by atoms with Crippen LogP contribution in [0.1, 0.15) is 47.0 Å². The van der Waals surface area contributed by atoms with Crippen LogP contribution in [0, 0.1) is 0 Å². The lowest BCUT2D eigenvalue weighted by molar-refractivity contribution is 0.0502.